The van der Waals surface area contributed by atoms with Crippen LogP contribution in [0.1, 0.15) is 18.1 Å². The summed E-state index contributed by atoms with van der Waals surface area (Å²) < 4.78 is 0. The number of piperazine rings is 1. The zero-order valence-corrected chi connectivity index (χ0v) is 15.4. The molecule has 0 aromatic heterocycles. The molecule has 1 N–H and O–H groups in total. The summed E-state index contributed by atoms with van der Waals surface area (Å²) >= 11 is 0. The third kappa shape index (κ3) is 3.78. The highest BCUT2D eigenvalue weighted by molar-refractivity contribution is 5.98. The molecule has 1 aliphatic rings. The predicted molar refractivity (Wildman–Crippen MR) is 109 cm³/mol. The van der Waals surface area contributed by atoms with Crippen molar-refractivity contribution in [3.05, 3.63) is 83.9 Å². The average molecular weight is 344 g/mol. The fourth-order valence-electron chi connectivity index (χ4n) is 3.75. The number of hydrazone groups is 1. The molecule has 0 aliphatic carbocycles. The van der Waals surface area contributed by atoms with Gasteiger partial charge >= 0.3 is 0 Å². The summed E-state index contributed by atoms with van der Waals surface area (Å²) in [6.07, 6.45) is 0. The molecule has 0 atom stereocenters. The Labute approximate surface area is 155 Å². The van der Waals surface area contributed by atoms with E-state index in [1.165, 1.54) is 21.9 Å². The van der Waals surface area contributed by atoms with Crippen molar-refractivity contribution >= 4 is 16.5 Å². The van der Waals surface area contributed by atoms with Gasteiger partial charge in [0.25, 0.3) is 0 Å². The van der Waals surface area contributed by atoms with Crippen LogP contribution in [0.4, 0.5) is 0 Å². The van der Waals surface area contributed by atoms with Crippen LogP contribution in [-0.4, -0.2) is 36.9 Å². The van der Waals surface area contributed by atoms with E-state index in [0.717, 1.165) is 38.4 Å². The molecule has 1 fully saturated rings. The Morgan fingerprint density at radius 1 is 0.885 bits per heavy atom. The molecule has 3 nitrogen and oxygen atoms in total. The molecule has 1 aliphatic heterocycles. The van der Waals surface area contributed by atoms with Crippen LogP contribution in [0.5, 0.6) is 0 Å². The molecule has 3 heteroatoms. The third-order valence-corrected chi connectivity index (χ3v) is 5.25. The number of hydrogen-bond acceptors (Lipinski definition) is 2. The lowest BCUT2D eigenvalue weighted by molar-refractivity contribution is -0.918. The molecule has 0 amide bonds. The first-order valence-corrected chi connectivity index (χ1v) is 9.45. The highest BCUT2D eigenvalue weighted by atomic mass is 15.5. The molecule has 3 aromatic carbocycles. The van der Waals surface area contributed by atoms with Crippen molar-refractivity contribution in [2.45, 2.75) is 13.5 Å². The van der Waals surface area contributed by atoms with Crippen LogP contribution in [0.2, 0.25) is 0 Å². The van der Waals surface area contributed by atoms with E-state index in [1.807, 2.05) is 6.07 Å². The molecule has 0 bridgehead atoms. The fraction of sp³-hybridized carbons (Fsp3) is 0.261. The van der Waals surface area contributed by atoms with E-state index in [9.17, 15) is 0 Å². The van der Waals surface area contributed by atoms with E-state index < -0.39 is 0 Å². The van der Waals surface area contributed by atoms with Gasteiger partial charge in [-0.1, -0.05) is 72.8 Å². The highest BCUT2D eigenvalue weighted by Crippen LogP contribution is 2.17. The molecule has 132 valence electrons. The number of hydrogen-bond donors (Lipinski definition) is 1. The molecule has 4 rings (SSSR count). The van der Waals surface area contributed by atoms with Gasteiger partial charge in [-0.05, 0) is 23.3 Å². The van der Waals surface area contributed by atoms with Crippen LogP contribution in [0.25, 0.3) is 10.8 Å². The zero-order valence-electron chi connectivity index (χ0n) is 15.4. The standard InChI is InChI=1S/C23H25N3/c1-19(20-8-3-2-4-9-20)24-26-16-14-25(15-17-26)18-22-12-7-11-21-10-5-6-13-23(21)22/h2-13H,14-18H2,1H3/p+1/b24-19+. The molecule has 0 radical (unpaired) electrons. The molecular formula is C23H26N3+. The largest absolute Gasteiger partial charge is 0.328 e. The lowest BCUT2D eigenvalue weighted by atomic mass is 10.0. The Balaban J connectivity index is 1.39. The van der Waals surface area contributed by atoms with Gasteiger partial charge in [0.05, 0.1) is 31.9 Å². The molecule has 0 saturated carbocycles. The Bertz CT molecular complexity index is 888. The van der Waals surface area contributed by atoms with Gasteiger partial charge in [0.1, 0.15) is 6.54 Å². The van der Waals surface area contributed by atoms with Crippen LogP contribution >= 0.6 is 0 Å². The van der Waals surface area contributed by atoms with E-state index in [-0.39, 0.29) is 0 Å². The minimum atomic E-state index is 1.02. The summed E-state index contributed by atoms with van der Waals surface area (Å²) in [5.41, 5.74) is 3.76. The molecular weight excluding hydrogens is 318 g/mol. The predicted octanol–water partition coefficient (Wildman–Crippen LogP) is 2.96. The fourth-order valence-corrected chi connectivity index (χ4v) is 3.75. The van der Waals surface area contributed by atoms with E-state index in [2.05, 4.69) is 78.7 Å². The summed E-state index contributed by atoms with van der Waals surface area (Å²) in [5, 5.41) is 9.80. The van der Waals surface area contributed by atoms with Gasteiger partial charge in [0.15, 0.2) is 0 Å². The first-order chi connectivity index (χ1) is 12.8. The first-order valence-electron chi connectivity index (χ1n) is 9.45. The lowest BCUT2D eigenvalue weighted by Crippen LogP contribution is -3.13. The summed E-state index contributed by atoms with van der Waals surface area (Å²) in [4.78, 5) is 1.64. The van der Waals surface area contributed by atoms with Gasteiger partial charge in [-0.25, -0.2) is 0 Å². The molecule has 1 heterocycles. The monoisotopic (exact) mass is 344 g/mol. The maximum atomic E-state index is 4.83. The van der Waals surface area contributed by atoms with E-state index in [4.69, 9.17) is 5.10 Å². The second-order valence-corrected chi connectivity index (χ2v) is 7.07. The van der Waals surface area contributed by atoms with Gasteiger partial charge in [-0.15, -0.1) is 0 Å². The Hall–Kier alpha value is -2.65. The normalized spacial score (nSPS) is 16.2. The summed E-state index contributed by atoms with van der Waals surface area (Å²) in [5.74, 6) is 0. The van der Waals surface area contributed by atoms with Crippen LogP contribution in [0.3, 0.4) is 0 Å². The quantitative estimate of drug-likeness (QED) is 0.722. The smallest absolute Gasteiger partial charge is 0.104 e. The van der Waals surface area contributed by atoms with Crippen molar-refractivity contribution in [2.24, 2.45) is 5.10 Å². The number of benzene rings is 3. The summed E-state index contributed by atoms with van der Waals surface area (Å²) in [7, 11) is 0. The summed E-state index contributed by atoms with van der Waals surface area (Å²) in [6, 6.07) is 25.8. The van der Waals surface area contributed by atoms with Crippen molar-refractivity contribution in [1.82, 2.24) is 5.01 Å². The van der Waals surface area contributed by atoms with E-state index in [1.54, 1.807) is 4.90 Å². The highest BCUT2D eigenvalue weighted by Gasteiger charge is 2.20. The average Bonchev–Trinajstić information content (AvgIpc) is 2.70. The molecule has 26 heavy (non-hydrogen) atoms. The van der Waals surface area contributed by atoms with Gasteiger partial charge in [-0.3, -0.25) is 5.01 Å². The molecule has 1 saturated heterocycles. The number of quaternary nitrogens is 1. The topological polar surface area (TPSA) is 20.0 Å². The Morgan fingerprint density at radius 2 is 1.58 bits per heavy atom. The minimum absolute atomic E-state index is 1.02. The number of fused-ring (bicyclic) bond motifs is 1. The van der Waals surface area contributed by atoms with E-state index in [0.29, 0.717) is 0 Å². The molecule has 0 unspecified atom stereocenters. The SMILES string of the molecule is C/C(=N\N1CC[NH+](Cc2cccc3ccccc23)CC1)c1ccccc1. The van der Waals surface area contributed by atoms with Crippen LogP contribution < -0.4 is 4.90 Å². The van der Waals surface area contributed by atoms with Crippen LogP contribution in [0.15, 0.2) is 77.9 Å². The second kappa shape index (κ2) is 7.71. The van der Waals surface area contributed by atoms with E-state index >= 15 is 0 Å². The Kier molecular flexibility index (Phi) is 4.98. The molecule has 0 spiro atoms. The van der Waals surface area contributed by atoms with Crippen LogP contribution in [0, 0.1) is 0 Å². The van der Waals surface area contributed by atoms with Crippen LogP contribution in [-0.2, 0) is 6.54 Å². The zero-order chi connectivity index (χ0) is 17.8. The van der Waals surface area contributed by atoms with Gasteiger partial charge < -0.3 is 4.90 Å². The van der Waals surface area contributed by atoms with Gasteiger partial charge in [-0.2, -0.15) is 5.10 Å². The van der Waals surface area contributed by atoms with Gasteiger partial charge in [0.2, 0.25) is 0 Å². The second-order valence-electron chi connectivity index (χ2n) is 7.07. The van der Waals surface area contributed by atoms with Crippen molar-refractivity contribution in [3.63, 3.8) is 0 Å². The summed E-state index contributed by atoms with van der Waals surface area (Å²) in [6.45, 7) is 7.50. The Morgan fingerprint density at radius 3 is 2.38 bits per heavy atom. The van der Waals surface area contributed by atoms with Crippen molar-refractivity contribution in [1.29, 1.82) is 0 Å². The number of rotatable bonds is 4. The third-order valence-electron chi connectivity index (χ3n) is 5.25. The lowest BCUT2D eigenvalue weighted by Gasteiger charge is -2.31. The first kappa shape index (κ1) is 16.8. The number of nitrogens with zero attached hydrogens (tertiary/aromatic N) is 2. The maximum Gasteiger partial charge on any atom is 0.104 e. The molecule has 3 aromatic rings. The maximum absolute atomic E-state index is 4.83. The van der Waals surface area contributed by atoms with Crippen molar-refractivity contribution in [2.75, 3.05) is 26.2 Å². The van der Waals surface area contributed by atoms with Crippen molar-refractivity contribution in [3.8, 4) is 0 Å². The number of nitrogens with one attached hydrogen (secondary N) is 1. The van der Waals surface area contributed by atoms with Gasteiger partial charge in [0, 0.05) is 5.56 Å². The minimum Gasteiger partial charge on any atom is -0.328 e. The van der Waals surface area contributed by atoms with Crippen molar-refractivity contribution < 1.29 is 4.90 Å².